The third-order valence-electron chi connectivity index (χ3n) is 1.15. The van der Waals surface area contributed by atoms with Crippen molar-refractivity contribution in [1.29, 1.82) is 0 Å². The highest BCUT2D eigenvalue weighted by atomic mass is 35.5. The molecule has 0 spiro atoms. The van der Waals surface area contributed by atoms with Crippen LogP contribution in [0, 0.1) is 0 Å². The Morgan fingerprint density at radius 3 is 3.20 bits per heavy atom. The molecule has 0 amide bonds. The van der Waals surface area contributed by atoms with E-state index in [2.05, 4.69) is 9.68 Å². The summed E-state index contributed by atoms with van der Waals surface area (Å²) in [5.41, 5.74) is 1.67. The molecule has 0 radical (unpaired) electrons. The number of hydrogen-bond donors (Lipinski definition) is 0. The fraction of sp³-hybridized carbons (Fsp3) is 0.500. The number of aromatic nitrogens is 1. The summed E-state index contributed by atoms with van der Waals surface area (Å²) in [7, 11) is 1.60. The predicted molar refractivity (Wildman–Crippen MR) is 36.8 cm³/mol. The summed E-state index contributed by atoms with van der Waals surface area (Å²) in [4.78, 5) is 0. The van der Waals surface area contributed by atoms with Crippen molar-refractivity contribution in [2.24, 2.45) is 0 Å². The molecule has 0 saturated carbocycles. The first-order chi connectivity index (χ1) is 4.88. The molecule has 4 heteroatoms. The Hall–Kier alpha value is -0.540. The van der Waals surface area contributed by atoms with Crippen LogP contribution in [-0.2, 0) is 17.2 Å². The lowest BCUT2D eigenvalue weighted by molar-refractivity contribution is 0.177. The van der Waals surface area contributed by atoms with E-state index in [0.717, 1.165) is 11.3 Å². The number of hydrogen-bond acceptors (Lipinski definition) is 3. The second-order valence-corrected chi connectivity index (χ2v) is 2.12. The van der Waals surface area contributed by atoms with Gasteiger partial charge in [-0.3, -0.25) is 0 Å². The lowest BCUT2D eigenvalue weighted by Crippen LogP contribution is -1.90. The summed E-state index contributed by atoms with van der Waals surface area (Å²) in [6.45, 7) is 0.457. The number of ether oxygens (including phenoxy) is 1. The SMILES string of the molecule is COCc1nocc1CCl. The van der Waals surface area contributed by atoms with E-state index in [-0.39, 0.29) is 0 Å². The first-order valence-corrected chi connectivity index (χ1v) is 3.39. The number of methoxy groups -OCH3 is 1. The molecule has 0 atom stereocenters. The molecule has 56 valence electrons. The zero-order valence-electron chi connectivity index (χ0n) is 5.63. The van der Waals surface area contributed by atoms with Crippen LogP contribution in [0.5, 0.6) is 0 Å². The minimum absolute atomic E-state index is 0.419. The van der Waals surface area contributed by atoms with E-state index in [9.17, 15) is 0 Å². The van der Waals surface area contributed by atoms with E-state index in [0.29, 0.717) is 12.5 Å². The van der Waals surface area contributed by atoms with E-state index in [1.165, 1.54) is 6.26 Å². The predicted octanol–water partition coefficient (Wildman–Crippen LogP) is 1.56. The van der Waals surface area contributed by atoms with Gasteiger partial charge in [0.15, 0.2) is 0 Å². The summed E-state index contributed by atoms with van der Waals surface area (Å²) in [5, 5.41) is 3.69. The van der Waals surface area contributed by atoms with Crippen LogP contribution in [0.3, 0.4) is 0 Å². The third kappa shape index (κ3) is 1.49. The minimum atomic E-state index is 0.419. The van der Waals surface area contributed by atoms with Gasteiger partial charge >= 0.3 is 0 Å². The average molecular weight is 162 g/mol. The highest BCUT2D eigenvalue weighted by Crippen LogP contribution is 2.09. The Labute approximate surface area is 63.9 Å². The maximum atomic E-state index is 5.55. The van der Waals surface area contributed by atoms with Gasteiger partial charge in [-0.05, 0) is 0 Å². The molecule has 0 aliphatic heterocycles. The van der Waals surface area contributed by atoms with Crippen LogP contribution >= 0.6 is 11.6 Å². The molecular formula is C6H8ClNO2. The molecule has 1 rings (SSSR count). The summed E-state index contributed by atoms with van der Waals surface area (Å²) in [6, 6.07) is 0. The van der Waals surface area contributed by atoms with Gasteiger partial charge < -0.3 is 9.26 Å². The van der Waals surface area contributed by atoms with Crippen LogP contribution in [0.1, 0.15) is 11.3 Å². The Kier molecular flexibility index (Phi) is 2.71. The summed E-state index contributed by atoms with van der Waals surface area (Å²) in [5.74, 6) is 0.419. The first kappa shape index (κ1) is 7.57. The monoisotopic (exact) mass is 161 g/mol. The van der Waals surface area contributed by atoms with Crippen LogP contribution in [0.15, 0.2) is 10.8 Å². The van der Waals surface area contributed by atoms with Crippen molar-refractivity contribution in [1.82, 2.24) is 5.16 Å². The van der Waals surface area contributed by atoms with Gasteiger partial charge in [0.2, 0.25) is 0 Å². The Morgan fingerprint density at radius 1 is 1.80 bits per heavy atom. The molecule has 0 aromatic carbocycles. The first-order valence-electron chi connectivity index (χ1n) is 2.85. The molecule has 0 unspecified atom stereocenters. The maximum Gasteiger partial charge on any atom is 0.128 e. The van der Waals surface area contributed by atoms with Crippen molar-refractivity contribution in [2.45, 2.75) is 12.5 Å². The number of nitrogens with zero attached hydrogens (tertiary/aromatic N) is 1. The maximum absolute atomic E-state index is 5.55. The van der Waals surface area contributed by atoms with Gasteiger partial charge in [-0.15, -0.1) is 11.6 Å². The molecule has 0 fully saturated rings. The Bertz CT molecular complexity index is 199. The van der Waals surface area contributed by atoms with Gasteiger partial charge in [0.25, 0.3) is 0 Å². The molecule has 0 saturated heterocycles. The average Bonchev–Trinajstić information content (AvgIpc) is 2.36. The second kappa shape index (κ2) is 3.58. The van der Waals surface area contributed by atoms with Crippen molar-refractivity contribution < 1.29 is 9.26 Å². The number of rotatable bonds is 3. The van der Waals surface area contributed by atoms with Crippen molar-refractivity contribution >= 4 is 11.6 Å². The van der Waals surface area contributed by atoms with Gasteiger partial charge in [0, 0.05) is 12.7 Å². The topological polar surface area (TPSA) is 35.3 Å². The fourth-order valence-corrected chi connectivity index (χ4v) is 0.862. The molecule has 0 N–H and O–H groups in total. The zero-order chi connectivity index (χ0) is 7.40. The fourth-order valence-electron chi connectivity index (χ4n) is 0.645. The quantitative estimate of drug-likeness (QED) is 0.632. The molecule has 0 aliphatic carbocycles. The van der Waals surface area contributed by atoms with Crippen molar-refractivity contribution in [2.75, 3.05) is 7.11 Å². The van der Waals surface area contributed by atoms with Gasteiger partial charge in [-0.25, -0.2) is 0 Å². The van der Waals surface area contributed by atoms with Crippen molar-refractivity contribution in [3.63, 3.8) is 0 Å². The highest BCUT2D eigenvalue weighted by Gasteiger charge is 2.04. The van der Waals surface area contributed by atoms with E-state index < -0.39 is 0 Å². The highest BCUT2D eigenvalue weighted by molar-refractivity contribution is 6.17. The summed E-state index contributed by atoms with van der Waals surface area (Å²) < 4.78 is 9.52. The standard InChI is InChI=1S/C6H8ClNO2/c1-9-4-6-5(2-7)3-10-8-6/h3H,2,4H2,1H3. The van der Waals surface area contributed by atoms with E-state index in [1.54, 1.807) is 7.11 Å². The molecule has 0 bridgehead atoms. The summed E-state index contributed by atoms with van der Waals surface area (Å²) >= 11 is 5.55. The molecule has 3 nitrogen and oxygen atoms in total. The number of alkyl halides is 1. The normalized spacial score (nSPS) is 10.2. The number of halogens is 1. The molecular weight excluding hydrogens is 154 g/mol. The molecule has 0 aliphatic rings. The van der Waals surface area contributed by atoms with Crippen LogP contribution in [-0.4, -0.2) is 12.3 Å². The van der Waals surface area contributed by atoms with E-state index >= 15 is 0 Å². The lowest BCUT2D eigenvalue weighted by Gasteiger charge is -1.92. The van der Waals surface area contributed by atoms with Gasteiger partial charge in [0.1, 0.15) is 12.0 Å². The van der Waals surface area contributed by atoms with Crippen LogP contribution < -0.4 is 0 Å². The lowest BCUT2D eigenvalue weighted by atomic mass is 10.3. The smallest absolute Gasteiger partial charge is 0.128 e. The van der Waals surface area contributed by atoms with Crippen LogP contribution in [0.25, 0.3) is 0 Å². The van der Waals surface area contributed by atoms with Gasteiger partial charge in [0.05, 0.1) is 12.5 Å². The minimum Gasteiger partial charge on any atom is -0.378 e. The van der Waals surface area contributed by atoms with Gasteiger partial charge in [-0.1, -0.05) is 5.16 Å². The van der Waals surface area contributed by atoms with E-state index in [1.807, 2.05) is 0 Å². The molecule has 10 heavy (non-hydrogen) atoms. The van der Waals surface area contributed by atoms with Crippen LogP contribution in [0.2, 0.25) is 0 Å². The molecule has 1 heterocycles. The second-order valence-electron chi connectivity index (χ2n) is 1.85. The Balaban J connectivity index is 2.70. The van der Waals surface area contributed by atoms with E-state index in [4.69, 9.17) is 16.3 Å². The zero-order valence-corrected chi connectivity index (χ0v) is 6.39. The van der Waals surface area contributed by atoms with Crippen LogP contribution in [0.4, 0.5) is 0 Å². The van der Waals surface area contributed by atoms with Gasteiger partial charge in [-0.2, -0.15) is 0 Å². The Morgan fingerprint density at radius 2 is 2.60 bits per heavy atom. The van der Waals surface area contributed by atoms with Crippen molar-refractivity contribution in [3.05, 3.63) is 17.5 Å². The summed E-state index contributed by atoms with van der Waals surface area (Å²) in [6.07, 6.45) is 1.53. The largest absolute Gasteiger partial charge is 0.378 e. The van der Waals surface area contributed by atoms with Crippen molar-refractivity contribution in [3.8, 4) is 0 Å². The molecule has 1 aromatic heterocycles. The molecule has 1 aromatic rings. The third-order valence-corrected chi connectivity index (χ3v) is 1.44.